The number of nitrogens with zero attached hydrogens (tertiary/aromatic N) is 4. The monoisotopic (exact) mass is 375 g/mol. The maximum Gasteiger partial charge on any atom is 0.408 e. The van der Waals surface area contributed by atoms with E-state index in [4.69, 9.17) is 0 Å². The van der Waals surface area contributed by atoms with Crippen molar-refractivity contribution in [3.05, 3.63) is 17.8 Å². The lowest BCUT2D eigenvalue weighted by atomic mass is 10.2. The summed E-state index contributed by atoms with van der Waals surface area (Å²) in [5, 5.41) is 4.26. The predicted octanol–water partition coefficient (Wildman–Crippen LogP) is 3.04. The fraction of sp³-hybridized carbons (Fsp3) is 0.429. The van der Waals surface area contributed by atoms with E-state index in [9.17, 15) is 22.4 Å². The zero-order valence-corrected chi connectivity index (χ0v) is 13.6. The van der Waals surface area contributed by atoms with E-state index in [1.165, 1.54) is 29.1 Å². The molecule has 3 rings (SSSR count). The summed E-state index contributed by atoms with van der Waals surface area (Å²) in [5.74, 6) is -0.592. The van der Waals surface area contributed by atoms with Crippen LogP contribution in [0.1, 0.15) is 12.8 Å². The Morgan fingerprint density at radius 2 is 2.08 bits per heavy atom. The van der Waals surface area contributed by atoms with Gasteiger partial charge in [0.05, 0.1) is 0 Å². The minimum absolute atomic E-state index is 0.0195. The van der Waals surface area contributed by atoms with Gasteiger partial charge in [0, 0.05) is 29.9 Å². The van der Waals surface area contributed by atoms with Crippen LogP contribution < -0.4 is 10.2 Å². The lowest BCUT2D eigenvalue weighted by Crippen LogP contribution is -2.42. The average Bonchev–Trinajstić information content (AvgIpc) is 3.23. The fourth-order valence-electron chi connectivity index (χ4n) is 2.57. The van der Waals surface area contributed by atoms with Crippen LogP contribution in [0.15, 0.2) is 17.8 Å². The molecular formula is C14H13F4N5OS. The quantitative estimate of drug-likeness (QED) is 0.832. The van der Waals surface area contributed by atoms with Crippen LogP contribution in [0.3, 0.4) is 0 Å². The van der Waals surface area contributed by atoms with Gasteiger partial charge in [0.2, 0.25) is 5.95 Å². The third-order valence-corrected chi connectivity index (χ3v) is 4.56. The molecule has 0 spiro atoms. The summed E-state index contributed by atoms with van der Waals surface area (Å²) in [4.78, 5) is 24.3. The highest BCUT2D eigenvalue weighted by atomic mass is 32.1. The minimum Gasteiger partial charge on any atom is -0.329 e. The zero-order chi connectivity index (χ0) is 18.0. The average molecular weight is 375 g/mol. The first kappa shape index (κ1) is 17.5. The topological polar surface area (TPSA) is 71.0 Å². The first-order valence-electron chi connectivity index (χ1n) is 7.35. The summed E-state index contributed by atoms with van der Waals surface area (Å²) in [5.41, 5.74) is 0.497. The summed E-state index contributed by atoms with van der Waals surface area (Å²) < 4.78 is 51.2. The Labute approximate surface area is 143 Å². The Balaban J connectivity index is 1.75. The van der Waals surface area contributed by atoms with Gasteiger partial charge in [-0.1, -0.05) is 0 Å². The van der Waals surface area contributed by atoms with Crippen molar-refractivity contribution in [2.45, 2.75) is 25.1 Å². The third-order valence-electron chi connectivity index (χ3n) is 3.67. The fourth-order valence-corrected chi connectivity index (χ4v) is 3.29. The summed E-state index contributed by atoms with van der Waals surface area (Å²) in [6.45, 7) is -0.902. The van der Waals surface area contributed by atoms with E-state index in [0.29, 0.717) is 17.0 Å². The van der Waals surface area contributed by atoms with Gasteiger partial charge < -0.3 is 10.2 Å². The highest BCUT2D eigenvalue weighted by molar-refractivity contribution is 7.13. The number of carbonyl (C=O) groups is 1. The van der Waals surface area contributed by atoms with Crippen molar-refractivity contribution in [2.75, 3.05) is 23.4 Å². The van der Waals surface area contributed by atoms with Crippen LogP contribution in [-0.2, 0) is 4.79 Å². The summed E-state index contributed by atoms with van der Waals surface area (Å²) in [6.07, 6.45) is -1.10. The number of nitrogens with one attached hydrogen (secondary N) is 1. The van der Waals surface area contributed by atoms with E-state index in [1.54, 1.807) is 0 Å². The highest BCUT2D eigenvalue weighted by Crippen LogP contribution is 2.35. The van der Waals surface area contributed by atoms with Crippen LogP contribution in [0.5, 0.6) is 0 Å². The second kappa shape index (κ2) is 6.90. The highest BCUT2D eigenvalue weighted by Gasteiger charge is 2.46. The lowest BCUT2D eigenvalue weighted by Gasteiger charge is -2.26. The molecule has 6 nitrogen and oxygen atoms in total. The van der Waals surface area contributed by atoms with Crippen LogP contribution in [0.4, 0.5) is 29.3 Å². The molecule has 25 heavy (non-hydrogen) atoms. The van der Waals surface area contributed by atoms with E-state index in [2.05, 4.69) is 20.3 Å². The number of halogens is 4. The molecule has 3 heterocycles. The Morgan fingerprint density at radius 3 is 2.72 bits per heavy atom. The minimum atomic E-state index is -4.32. The number of hydrogen-bond donors (Lipinski definition) is 1. The Morgan fingerprint density at radius 1 is 1.36 bits per heavy atom. The summed E-state index contributed by atoms with van der Waals surface area (Å²) in [6, 6.07) is -1.57. The molecule has 0 aliphatic carbocycles. The number of alkyl halides is 4. The molecule has 0 saturated carbocycles. The van der Waals surface area contributed by atoms with Crippen LogP contribution >= 0.6 is 11.3 Å². The van der Waals surface area contributed by atoms with Gasteiger partial charge in [0.25, 0.3) is 5.91 Å². The first-order valence-corrected chi connectivity index (χ1v) is 8.23. The number of carbonyl (C=O) groups excluding carboxylic acids is 1. The molecule has 1 aliphatic rings. The molecule has 1 N–H and O–H groups in total. The predicted molar refractivity (Wildman–Crippen MR) is 84.2 cm³/mol. The number of rotatable bonds is 4. The second-order valence-corrected chi connectivity index (χ2v) is 6.24. The smallest absolute Gasteiger partial charge is 0.329 e. The standard InChI is InChI=1S/C14H13F4N5OS/c15-4-11(24)21-10-7-25-12(22-10)8-5-19-13(20-6-8)23-3-1-2-9(23)14(16,17)18/h5-7,9H,1-4H2,(H,21,24). The van der Waals surface area contributed by atoms with Crippen LogP contribution in [0, 0.1) is 0 Å². The molecule has 1 fully saturated rings. The van der Waals surface area contributed by atoms with Crippen molar-refractivity contribution >= 4 is 29.0 Å². The third kappa shape index (κ3) is 3.86. The number of hydrogen-bond acceptors (Lipinski definition) is 6. The Kier molecular flexibility index (Phi) is 4.84. The molecule has 2 aromatic heterocycles. The number of anilines is 2. The lowest BCUT2D eigenvalue weighted by molar-refractivity contribution is -0.146. The maximum atomic E-state index is 13.0. The van der Waals surface area contributed by atoms with Crippen molar-refractivity contribution in [3.8, 4) is 10.6 Å². The summed E-state index contributed by atoms with van der Waals surface area (Å²) >= 11 is 1.18. The SMILES string of the molecule is O=C(CF)Nc1csc(-c2cnc(N3CCCC3C(F)(F)F)nc2)n1. The largest absolute Gasteiger partial charge is 0.408 e. The van der Waals surface area contributed by atoms with E-state index < -0.39 is 24.8 Å². The molecule has 0 aromatic carbocycles. The molecule has 1 amide bonds. The molecule has 2 aromatic rings. The van der Waals surface area contributed by atoms with Crippen molar-refractivity contribution in [3.63, 3.8) is 0 Å². The molecule has 0 bridgehead atoms. The molecule has 11 heteroatoms. The molecule has 1 unspecified atom stereocenters. The van der Waals surface area contributed by atoms with Gasteiger partial charge in [0.15, 0.2) is 6.67 Å². The van der Waals surface area contributed by atoms with Gasteiger partial charge in [0.1, 0.15) is 16.9 Å². The van der Waals surface area contributed by atoms with Crippen LogP contribution in [0.2, 0.25) is 0 Å². The van der Waals surface area contributed by atoms with Gasteiger partial charge in [-0.05, 0) is 12.8 Å². The molecule has 134 valence electrons. The summed E-state index contributed by atoms with van der Waals surface area (Å²) in [7, 11) is 0. The van der Waals surface area contributed by atoms with E-state index in [1.807, 2.05) is 0 Å². The normalized spacial score (nSPS) is 17.8. The van der Waals surface area contributed by atoms with Crippen molar-refractivity contribution in [2.24, 2.45) is 0 Å². The van der Waals surface area contributed by atoms with Crippen LogP contribution in [-0.4, -0.2) is 46.3 Å². The Hall–Kier alpha value is -2.30. The van der Waals surface area contributed by atoms with Gasteiger partial charge >= 0.3 is 6.18 Å². The van der Waals surface area contributed by atoms with Gasteiger partial charge in [-0.3, -0.25) is 4.79 Å². The molecule has 1 atom stereocenters. The first-order chi connectivity index (χ1) is 11.9. The molecule has 1 saturated heterocycles. The van der Waals surface area contributed by atoms with Crippen molar-refractivity contribution < 1.29 is 22.4 Å². The van der Waals surface area contributed by atoms with Gasteiger partial charge in [-0.2, -0.15) is 13.2 Å². The van der Waals surface area contributed by atoms with Gasteiger partial charge in [-0.15, -0.1) is 11.3 Å². The maximum absolute atomic E-state index is 13.0. The number of thiazole rings is 1. The second-order valence-electron chi connectivity index (χ2n) is 5.38. The number of aromatic nitrogens is 3. The van der Waals surface area contributed by atoms with E-state index >= 15 is 0 Å². The number of amides is 1. The molecule has 1 aliphatic heterocycles. The van der Waals surface area contributed by atoms with Crippen molar-refractivity contribution in [1.82, 2.24) is 15.0 Å². The molecule has 0 radical (unpaired) electrons. The van der Waals surface area contributed by atoms with Crippen molar-refractivity contribution in [1.29, 1.82) is 0 Å². The molecular weight excluding hydrogens is 362 g/mol. The van der Waals surface area contributed by atoms with Gasteiger partial charge in [-0.25, -0.2) is 19.3 Å². The van der Waals surface area contributed by atoms with E-state index in [-0.39, 0.29) is 24.7 Å². The van der Waals surface area contributed by atoms with E-state index in [0.717, 1.165) is 4.90 Å². The Bertz CT molecular complexity index is 748. The zero-order valence-electron chi connectivity index (χ0n) is 12.8. The van der Waals surface area contributed by atoms with Crippen LogP contribution in [0.25, 0.3) is 10.6 Å².